The molecule has 1 amide bonds. The number of benzene rings is 1. The normalized spacial score (nSPS) is 14.8. The summed E-state index contributed by atoms with van der Waals surface area (Å²) in [4.78, 5) is 12.6. The molecule has 0 saturated heterocycles. The number of nitrogens with one attached hydrogen (secondary N) is 1. The number of nitrogens with zero attached hydrogens (tertiary/aromatic N) is 2. The van der Waals surface area contributed by atoms with Crippen LogP contribution in [0.15, 0.2) is 24.3 Å². The largest absolute Gasteiger partial charge is 0.491 e. The van der Waals surface area contributed by atoms with E-state index in [-0.39, 0.29) is 11.9 Å². The summed E-state index contributed by atoms with van der Waals surface area (Å²) in [6.07, 6.45) is 4.26. The van der Waals surface area contributed by atoms with E-state index in [0.29, 0.717) is 12.3 Å². The third kappa shape index (κ3) is 3.45. The SMILES string of the molecule is Cc1ccccc1OC[C@@H](C)NC(=O)c1nn(C)c2c1CCCC2. The summed E-state index contributed by atoms with van der Waals surface area (Å²) in [6, 6.07) is 7.81. The Morgan fingerprint density at radius 2 is 2.08 bits per heavy atom. The highest BCUT2D eigenvalue weighted by Gasteiger charge is 2.24. The molecule has 0 fully saturated rings. The highest BCUT2D eigenvalue weighted by molar-refractivity contribution is 5.94. The molecule has 24 heavy (non-hydrogen) atoms. The number of carbonyl (C=O) groups is 1. The number of aromatic nitrogens is 2. The summed E-state index contributed by atoms with van der Waals surface area (Å²) in [6.45, 7) is 4.40. The van der Waals surface area contributed by atoms with Gasteiger partial charge >= 0.3 is 0 Å². The molecule has 0 radical (unpaired) electrons. The van der Waals surface area contributed by atoms with Crippen LogP contribution in [0.4, 0.5) is 0 Å². The van der Waals surface area contributed by atoms with Gasteiger partial charge in [-0.25, -0.2) is 0 Å². The standard InChI is InChI=1S/C19H25N3O2/c1-13-8-4-7-11-17(13)24-12-14(2)20-19(23)18-15-9-5-6-10-16(15)22(3)21-18/h4,7-8,11,14H,5-6,9-10,12H2,1-3H3,(H,20,23)/t14-/m1/s1. The molecule has 1 atom stereocenters. The molecule has 2 aromatic rings. The van der Waals surface area contributed by atoms with Gasteiger partial charge in [0.2, 0.25) is 0 Å². The van der Waals surface area contributed by atoms with Gasteiger partial charge in [0.1, 0.15) is 12.4 Å². The molecule has 1 aromatic carbocycles. The van der Waals surface area contributed by atoms with Crippen LogP contribution in [-0.4, -0.2) is 28.3 Å². The number of hydrogen-bond acceptors (Lipinski definition) is 3. The van der Waals surface area contributed by atoms with Gasteiger partial charge in [0.15, 0.2) is 5.69 Å². The number of fused-ring (bicyclic) bond motifs is 1. The maximum absolute atomic E-state index is 12.6. The molecule has 128 valence electrons. The van der Waals surface area contributed by atoms with E-state index in [4.69, 9.17) is 4.74 Å². The van der Waals surface area contributed by atoms with Crippen molar-refractivity contribution in [2.75, 3.05) is 6.61 Å². The minimum Gasteiger partial charge on any atom is -0.491 e. The summed E-state index contributed by atoms with van der Waals surface area (Å²) in [5.41, 5.74) is 3.99. The second-order valence-electron chi connectivity index (χ2n) is 6.56. The average Bonchev–Trinajstić information content (AvgIpc) is 2.92. The zero-order chi connectivity index (χ0) is 17.1. The summed E-state index contributed by atoms with van der Waals surface area (Å²) in [7, 11) is 1.92. The molecule has 0 spiro atoms. The van der Waals surface area contributed by atoms with Gasteiger partial charge in [-0.2, -0.15) is 5.10 Å². The second kappa shape index (κ2) is 7.07. The minimum absolute atomic E-state index is 0.0849. The number of rotatable bonds is 5. The molecular weight excluding hydrogens is 302 g/mol. The molecule has 0 unspecified atom stereocenters. The van der Waals surface area contributed by atoms with Crippen LogP contribution in [0, 0.1) is 6.92 Å². The fourth-order valence-electron chi connectivity index (χ4n) is 3.22. The highest BCUT2D eigenvalue weighted by atomic mass is 16.5. The smallest absolute Gasteiger partial charge is 0.272 e. The first-order valence-corrected chi connectivity index (χ1v) is 8.60. The zero-order valence-corrected chi connectivity index (χ0v) is 14.6. The molecule has 1 heterocycles. The van der Waals surface area contributed by atoms with Crippen molar-refractivity contribution < 1.29 is 9.53 Å². The second-order valence-corrected chi connectivity index (χ2v) is 6.56. The quantitative estimate of drug-likeness (QED) is 0.919. The Balaban J connectivity index is 1.62. The van der Waals surface area contributed by atoms with Crippen LogP contribution in [0.2, 0.25) is 0 Å². The van der Waals surface area contributed by atoms with E-state index >= 15 is 0 Å². The lowest BCUT2D eigenvalue weighted by molar-refractivity contribution is 0.0920. The number of aryl methyl sites for hydroxylation is 2. The Morgan fingerprint density at radius 1 is 1.33 bits per heavy atom. The fourth-order valence-corrected chi connectivity index (χ4v) is 3.22. The predicted molar refractivity (Wildman–Crippen MR) is 93.5 cm³/mol. The van der Waals surface area contributed by atoms with Crippen LogP contribution < -0.4 is 10.1 Å². The first kappa shape index (κ1) is 16.6. The van der Waals surface area contributed by atoms with Crippen LogP contribution >= 0.6 is 0 Å². The molecule has 0 aliphatic heterocycles. The molecule has 1 aliphatic carbocycles. The van der Waals surface area contributed by atoms with E-state index in [0.717, 1.165) is 36.1 Å². The van der Waals surface area contributed by atoms with Gasteiger partial charge in [0, 0.05) is 18.3 Å². The molecule has 0 bridgehead atoms. The first-order valence-electron chi connectivity index (χ1n) is 8.60. The van der Waals surface area contributed by atoms with Gasteiger partial charge in [0.05, 0.1) is 6.04 Å². The van der Waals surface area contributed by atoms with Crippen molar-refractivity contribution in [3.8, 4) is 5.75 Å². The Labute approximate surface area is 143 Å². The predicted octanol–water partition coefficient (Wildman–Crippen LogP) is 2.80. The Morgan fingerprint density at radius 3 is 2.88 bits per heavy atom. The summed E-state index contributed by atoms with van der Waals surface area (Å²) in [5.74, 6) is 0.753. The fraction of sp³-hybridized carbons (Fsp3) is 0.474. The molecular formula is C19H25N3O2. The van der Waals surface area contributed by atoms with Gasteiger partial charge in [0.25, 0.3) is 5.91 Å². The molecule has 0 saturated carbocycles. The van der Waals surface area contributed by atoms with Crippen LogP contribution in [0.5, 0.6) is 5.75 Å². The lowest BCUT2D eigenvalue weighted by atomic mass is 9.95. The molecule has 1 N–H and O–H groups in total. The molecule has 1 aliphatic rings. The Hall–Kier alpha value is -2.30. The lowest BCUT2D eigenvalue weighted by Crippen LogP contribution is -2.37. The van der Waals surface area contributed by atoms with E-state index in [9.17, 15) is 4.79 Å². The van der Waals surface area contributed by atoms with Gasteiger partial charge in [-0.1, -0.05) is 18.2 Å². The van der Waals surface area contributed by atoms with Crippen LogP contribution in [0.3, 0.4) is 0 Å². The van der Waals surface area contributed by atoms with E-state index in [1.54, 1.807) is 0 Å². The number of hydrogen-bond donors (Lipinski definition) is 1. The van der Waals surface area contributed by atoms with Crippen molar-refractivity contribution in [2.45, 2.75) is 45.6 Å². The number of carbonyl (C=O) groups excluding carboxylic acids is 1. The van der Waals surface area contributed by atoms with Crippen molar-refractivity contribution in [1.82, 2.24) is 15.1 Å². The maximum Gasteiger partial charge on any atom is 0.272 e. The number of ether oxygens (including phenoxy) is 1. The van der Waals surface area contributed by atoms with Crippen molar-refractivity contribution in [3.63, 3.8) is 0 Å². The van der Waals surface area contributed by atoms with Crippen molar-refractivity contribution in [1.29, 1.82) is 0 Å². The van der Waals surface area contributed by atoms with Gasteiger partial charge in [-0.05, 0) is 51.2 Å². The third-order valence-corrected chi connectivity index (χ3v) is 4.54. The van der Waals surface area contributed by atoms with Gasteiger partial charge < -0.3 is 10.1 Å². The van der Waals surface area contributed by atoms with Gasteiger partial charge in [-0.3, -0.25) is 9.48 Å². The van der Waals surface area contributed by atoms with Crippen LogP contribution in [0.25, 0.3) is 0 Å². The van der Waals surface area contributed by atoms with Crippen molar-refractivity contribution in [3.05, 3.63) is 46.8 Å². The van der Waals surface area contributed by atoms with Crippen molar-refractivity contribution >= 4 is 5.91 Å². The highest BCUT2D eigenvalue weighted by Crippen LogP contribution is 2.24. The third-order valence-electron chi connectivity index (χ3n) is 4.54. The molecule has 5 nitrogen and oxygen atoms in total. The van der Waals surface area contributed by atoms with E-state index in [1.807, 2.05) is 49.8 Å². The monoisotopic (exact) mass is 327 g/mol. The number of para-hydroxylation sites is 1. The average molecular weight is 327 g/mol. The van der Waals surface area contributed by atoms with E-state index in [2.05, 4.69) is 10.4 Å². The molecule has 1 aromatic heterocycles. The van der Waals surface area contributed by atoms with Crippen LogP contribution in [-0.2, 0) is 19.9 Å². The first-order chi connectivity index (χ1) is 11.6. The maximum atomic E-state index is 12.6. The Bertz CT molecular complexity index is 736. The summed E-state index contributed by atoms with van der Waals surface area (Å²) in [5, 5.41) is 7.45. The minimum atomic E-state index is -0.102. The van der Waals surface area contributed by atoms with E-state index in [1.165, 1.54) is 12.1 Å². The Kier molecular flexibility index (Phi) is 4.88. The van der Waals surface area contributed by atoms with Gasteiger partial charge in [-0.15, -0.1) is 0 Å². The zero-order valence-electron chi connectivity index (χ0n) is 14.6. The summed E-state index contributed by atoms with van der Waals surface area (Å²) < 4.78 is 7.67. The van der Waals surface area contributed by atoms with Crippen LogP contribution in [0.1, 0.15) is 47.1 Å². The van der Waals surface area contributed by atoms with Crippen molar-refractivity contribution in [2.24, 2.45) is 7.05 Å². The van der Waals surface area contributed by atoms with E-state index < -0.39 is 0 Å². The topological polar surface area (TPSA) is 56.1 Å². The number of amides is 1. The lowest BCUT2D eigenvalue weighted by Gasteiger charge is -2.16. The molecule has 3 rings (SSSR count). The summed E-state index contributed by atoms with van der Waals surface area (Å²) >= 11 is 0. The molecule has 5 heteroatoms.